The number of dihydropyridines is 1. The zero-order chi connectivity index (χ0) is 18.4. The lowest BCUT2D eigenvalue weighted by molar-refractivity contribution is -0.0969. The molecule has 0 amide bonds. The molecule has 3 heterocycles. The fourth-order valence-electron chi connectivity index (χ4n) is 2.75. The number of hydrogen-bond acceptors (Lipinski definition) is 6. The van der Waals surface area contributed by atoms with Gasteiger partial charge in [-0.1, -0.05) is 0 Å². The Bertz CT molecular complexity index is 1020. The summed E-state index contributed by atoms with van der Waals surface area (Å²) in [6.45, 7) is 1.34. The van der Waals surface area contributed by atoms with Gasteiger partial charge in [0.25, 0.3) is 0 Å². The number of halogens is 3. The molecule has 6 nitrogen and oxygen atoms in total. The largest absolute Gasteiger partial charge is 0.460 e. The van der Waals surface area contributed by atoms with Gasteiger partial charge < -0.3 is 15.5 Å². The highest BCUT2D eigenvalue weighted by Gasteiger charge is 2.44. The summed E-state index contributed by atoms with van der Waals surface area (Å²) < 4.78 is 45.5. The van der Waals surface area contributed by atoms with Crippen LogP contribution in [-0.4, -0.2) is 11.2 Å². The lowest BCUT2D eigenvalue weighted by Gasteiger charge is -2.27. The summed E-state index contributed by atoms with van der Waals surface area (Å²) in [6, 6.07) is 6.32. The lowest BCUT2D eigenvalue weighted by atomic mass is 9.84. The smallest absolute Gasteiger partial charge is 0.432 e. The maximum absolute atomic E-state index is 13.3. The van der Waals surface area contributed by atoms with Crippen molar-refractivity contribution < 1.29 is 17.6 Å². The number of nitrogens with zero attached hydrogens (tertiary/aromatic N) is 3. The molecule has 1 aliphatic rings. The van der Waals surface area contributed by atoms with Gasteiger partial charge in [-0.3, -0.25) is 0 Å². The van der Waals surface area contributed by atoms with Crippen LogP contribution in [0, 0.1) is 22.7 Å². The first kappa shape index (κ1) is 16.4. The molecule has 0 saturated heterocycles. The molecule has 0 radical (unpaired) electrons. The van der Waals surface area contributed by atoms with Gasteiger partial charge in [-0.2, -0.15) is 23.7 Å². The molecule has 0 aromatic carbocycles. The molecule has 0 fully saturated rings. The molecule has 0 aliphatic carbocycles. The van der Waals surface area contributed by atoms with Crippen molar-refractivity contribution >= 4 is 16.8 Å². The minimum absolute atomic E-state index is 0.00498. The van der Waals surface area contributed by atoms with Gasteiger partial charge in [0.15, 0.2) is 0 Å². The van der Waals surface area contributed by atoms with Crippen molar-refractivity contribution in [2.75, 3.05) is 5.73 Å². The monoisotopic (exact) mass is 345 g/mol. The normalized spacial score (nSPS) is 18.1. The van der Waals surface area contributed by atoms with Crippen molar-refractivity contribution in [3.63, 3.8) is 0 Å². The van der Waals surface area contributed by atoms with Gasteiger partial charge >= 0.3 is 6.18 Å². The predicted molar refractivity (Wildman–Crippen MR) is 81.3 cm³/mol. The van der Waals surface area contributed by atoms with Crippen LogP contribution in [0.5, 0.6) is 0 Å². The summed E-state index contributed by atoms with van der Waals surface area (Å²) >= 11 is 0. The van der Waals surface area contributed by atoms with E-state index < -0.39 is 23.4 Å². The van der Waals surface area contributed by atoms with E-state index in [0.717, 1.165) is 0 Å². The van der Waals surface area contributed by atoms with Crippen LogP contribution in [0.4, 0.5) is 19.0 Å². The van der Waals surface area contributed by atoms with Crippen LogP contribution >= 0.6 is 0 Å². The molecule has 126 valence electrons. The van der Waals surface area contributed by atoms with E-state index in [9.17, 15) is 23.7 Å². The second kappa shape index (κ2) is 5.56. The van der Waals surface area contributed by atoms with E-state index >= 15 is 0 Å². The highest BCUT2D eigenvalue weighted by molar-refractivity contribution is 5.87. The second-order valence-electron chi connectivity index (χ2n) is 5.36. The molecule has 1 aliphatic heterocycles. The Hall–Kier alpha value is -3.46. The van der Waals surface area contributed by atoms with Gasteiger partial charge in [0.05, 0.1) is 34.6 Å². The summed E-state index contributed by atoms with van der Waals surface area (Å²) in [5.41, 5.74) is 4.18. The minimum atomic E-state index is -4.78. The van der Waals surface area contributed by atoms with Crippen molar-refractivity contribution in [1.29, 1.82) is 10.5 Å². The molecule has 3 N–H and O–H groups in total. The van der Waals surface area contributed by atoms with Gasteiger partial charge in [-0.15, -0.1) is 0 Å². The maximum atomic E-state index is 13.3. The third kappa shape index (κ3) is 2.56. The third-order valence-corrected chi connectivity index (χ3v) is 3.87. The van der Waals surface area contributed by atoms with Crippen LogP contribution in [0.3, 0.4) is 0 Å². The first-order chi connectivity index (χ1) is 11.8. The quantitative estimate of drug-likeness (QED) is 0.821. The molecule has 2 aromatic rings. The summed E-state index contributed by atoms with van der Waals surface area (Å²) in [5, 5.41) is 21.2. The number of aromatic nitrogens is 1. The topological polar surface area (TPSA) is 112 Å². The van der Waals surface area contributed by atoms with E-state index in [1.165, 1.54) is 25.3 Å². The third-order valence-electron chi connectivity index (χ3n) is 3.87. The number of alkyl halides is 3. The first-order valence-corrected chi connectivity index (χ1v) is 7.01. The Morgan fingerprint density at radius 1 is 1.28 bits per heavy atom. The number of nitrogens with one attached hydrogen (secondary N) is 1. The molecule has 0 unspecified atom stereocenters. The maximum Gasteiger partial charge on any atom is 0.432 e. The van der Waals surface area contributed by atoms with E-state index in [1.54, 1.807) is 6.07 Å². The Morgan fingerprint density at radius 3 is 2.52 bits per heavy atom. The van der Waals surface area contributed by atoms with Crippen molar-refractivity contribution in [2.24, 2.45) is 0 Å². The van der Waals surface area contributed by atoms with E-state index in [-0.39, 0.29) is 22.8 Å². The number of hydrogen-bond donors (Lipinski definition) is 2. The summed E-state index contributed by atoms with van der Waals surface area (Å²) in [6.07, 6.45) is -3.39. The first-order valence-electron chi connectivity index (χ1n) is 7.01. The number of nitrogen functional groups attached to an aromatic ring is 1. The Labute approximate surface area is 139 Å². The van der Waals surface area contributed by atoms with Crippen LogP contribution in [0.2, 0.25) is 0 Å². The van der Waals surface area contributed by atoms with Crippen molar-refractivity contribution in [3.05, 3.63) is 46.6 Å². The zero-order valence-electron chi connectivity index (χ0n) is 12.8. The van der Waals surface area contributed by atoms with Crippen LogP contribution < -0.4 is 11.1 Å². The van der Waals surface area contributed by atoms with Crippen LogP contribution in [0.1, 0.15) is 18.6 Å². The van der Waals surface area contributed by atoms with E-state index in [1.807, 2.05) is 6.07 Å². The fraction of sp³-hybridized carbons (Fsp3) is 0.188. The second-order valence-corrected chi connectivity index (χ2v) is 5.36. The molecule has 9 heteroatoms. The van der Waals surface area contributed by atoms with Gasteiger partial charge in [0, 0.05) is 11.9 Å². The molecular formula is C16H10F3N5O. The summed E-state index contributed by atoms with van der Waals surface area (Å²) in [7, 11) is 0. The Balaban J connectivity index is 2.29. The lowest BCUT2D eigenvalue weighted by Crippen LogP contribution is -2.33. The molecule has 0 spiro atoms. The summed E-state index contributed by atoms with van der Waals surface area (Å²) in [5.74, 6) is -1.12. The van der Waals surface area contributed by atoms with Gasteiger partial charge in [-0.25, -0.2) is 4.98 Å². The molecule has 1 atom stereocenters. The number of rotatable bonds is 1. The number of anilines is 1. The van der Waals surface area contributed by atoms with E-state index in [2.05, 4.69) is 10.3 Å². The van der Waals surface area contributed by atoms with Crippen LogP contribution in [0.15, 0.2) is 45.3 Å². The van der Waals surface area contributed by atoms with Crippen molar-refractivity contribution in [3.8, 4) is 12.1 Å². The number of nitrogens with two attached hydrogens (primary N) is 1. The average Bonchev–Trinajstić information content (AvgIpc) is 2.98. The number of nitriles is 2. The number of allylic oxidation sites excluding steroid dienone is 4. The Morgan fingerprint density at radius 2 is 1.96 bits per heavy atom. The summed E-state index contributed by atoms with van der Waals surface area (Å²) in [4.78, 5) is 3.88. The van der Waals surface area contributed by atoms with Gasteiger partial charge in [0.2, 0.25) is 0 Å². The fourth-order valence-corrected chi connectivity index (χ4v) is 2.75. The van der Waals surface area contributed by atoms with E-state index in [0.29, 0.717) is 11.0 Å². The van der Waals surface area contributed by atoms with Crippen molar-refractivity contribution in [1.82, 2.24) is 10.3 Å². The molecule has 3 rings (SSSR count). The molecule has 2 aromatic heterocycles. The standard InChI is InChI=1S/C16H10F3N5O/c1-7-9(5-20)13(10(6-21)14(24-7)16(17,18)19)12-4-8-11(25-12)2-3-23-15(8)22/h2-4,13,24H,1H3,(H2,22,23)/t13-/m0/s1. The van der Waals surface area contributed by atoms with Crippen LogP contribution in [-0.2, 0) is 0 Å². The van der Waals surface area contributed by atoms with Crippen LogP contribution in [0.25, 0.3) is 11.0 Å². The molecule has 0 bridgehead atoms. The Kier molecular flexibility index (Phi) is 3.65. The predicted octanol–water partition coefficient (Wildman–Crippen LogP) is 3.23. The number of fused-ring (bicyclic) bond motifs is 1. The van der Waals surface area contributed by atoms with Crippen molar-refractivity contribution in [2.45, 2.75) is 19.0 Å². The zero-order valence-corrected chi connectivity index (χ0v) is 12.8. The number of pyridine rings is 1. The SMILES string of the molecule is CC1=C(C#N)[C@H](c2cc3c(N)nccc3o2)C(C#N)=C(C(F)(F)F)N1. The number of furan rings is 1. The van der Waals surface area contributed by atoms with Gasteiger partial charge in [0.1, 0.15) is 22.9 Å². The highest BCUT2D eigenvalue weighted by atomic mass is 19.4. The van der Waals surface area contributed by atoms with Gasteiger partial charge in [-0.05, 0) is 19.1 Å². The highest BCUT2D eigenvalue weighted by Crippen LogP contribution is 2.43. The molecule has 0 saturated carbocycles. The minimum Gasteiger partial charge on any atom is -0.460 e. The average molecular weight is 345 g/mol. The molecular weight excluding hydrogens is 335 g/mol. The van der Waals surface area contributed by atoms with E-state index in [4.69, 9.17) is 10.2 Å². The molecule has 25 heavy (non-hydrogen) atoms.